The fourth-order valence-electron chi connectivity index (χ4n) is 4.07. The topological polar surface area (TPSA) is 82.3 Å². The maximum atomic E-state index is 13.2. The first-order valence-corrected chi connectivity index (χ1v) is 10.1. The number of aryl methyl sites for hydroxylation is 1. The second-order valence-electron chi connectivity index (χ2n) is 8.37. The molecule has 6 nitrogen and oxygen atoms in total. The number of ether oxygens (including phenoxy) is 1. The van der Waals surface area contributed by atoms with Crippen LogP contribution in [0.5, 0.6) is 0 Å². The van der Waals surface area contributed by atoms with Crippen molar-refractivity contribution >= 4 is 11.8 Å². The van der Waals surface area contributed by atoms with Gasteiger partial charge in [0.2, 0.25) is 0 Å². The Morgan fingerprint density at radius 2 is 1.90 bits per heavy atom. The Morgan fingerprint density at radius 3 is 2.60 bits per heavy atom. The molecule has 0 fully saturated rings. The summed E-state index contributed by atoms with van der Waals surface area (Å²) in [6, 6.07) is 11.3. The van der Waals surface area contributed by atoms with E-state index in [9.17, 15) is 9.59 Å². The highest BCUT2D eigenvalue weighted by molar-refractivity contribution is 6.10. The first-order chi connectivity index (χ1) is 14.3. The molecule has 3 aromatic rings. The number of carbonyl (C=O) groups is 2. The van der Waals surface area contributed by atoms with E-state index in [4.69, 9.17) is 9.26 Å². The molecule has 0 amide bonds. The summed E-state index contributed by atoms with van der Waals surface area (Å²) >= 11 is 0. The molecule has 0 N–H and O–H groups in total. The van der Waals surface area contributed by atoms with Crippen molar-refractivity contribution in [1.82, 2.24) is 10.1 Å². The Kier molecular flexibility index (Phi) is 5.02. The predicted molar refractivity (Wildman–Crippen MR) is 112 cm³/mol. The standard InChI is InChI=1S/C24H24N2O4/c1-5-29-23(28)20-14(2)25-17-12-24(3,4)13-18(27)21(17)22(20)16-11-19(30-26-16)15-9-7-6-8-10-15/h6-11H,5,12-13H2,1-4H3. The van der Waals surface area contributed by atoms with Gasteiger partial charge in [-0.05, 0) is 25.7 Å². The third-order valence-corrected chi connectivity index (χ3v) is 5.32. The molecule has 1 aliphatic carbocycles. The van der Waals surface area contributed by atoms with E-state index < -0.39 is 5.97 Å². The zero-order chi connectivity index (χ0) is 21.5. The van der Waals surface area contributed by atoms with Crippen LogP contribution in [0.1, 0.15) is 59.3 Å². The van der Waals surface area contributed by atoms with Gasteiger partial charge < -0.3 is 9.26 Å². The molecular weight excluding hydrogens is 380 g/mol. The van der Waals surface area contributed by atoms with Gasteiger partial charge in [0.1, 0.15) is 5.69 Å². The smallest absolute Gasteiger partial charge is 0.340 e. The fraction of sp³-hybridized carbons (Fsp3) is 0.333. The van der Waals surface area contributed by atoms with E-state index in [0.29, 0.717) is 46.8 Å². The number of ketones is 1. The van der Waals surface area contributed by atoms with Crippen molar-refractivity contribution in [3.63, 3.8) is 0 Å². The van der Waals surface area contributed by atoms with Gasteiger partial charge in [0.15, 0.2) is 11.5 Å². The molecule has 0 spiro atoms. The number of rotatable bonds is 4. The van der Waals surface area contributed by atoms with Gasteiger partial charge in [0, 0.05) is 29.2 Å². The molecular formula is C24H24N2O4. The van der Waals surface area contributed by atoms with Crippen molar-refractivity contribution in [3.05, 3.63) is 58.9 Å². The summed E-state index contributed by atoms with van der Waals surface area (Å²) in [6.07, 6.45) is 1.03. The summed E-state index contributed by atoms with van der Waals surface area (Å²) in [5.74, 6) is 0.00738. The maximum Gasteiger partial charge on any atom is 0.340 e. The molecule has 0 radical (unpaired) electrons. The molecule has 2 heterocycles. The molecule has 154 valence electrons. The van der Waals surface area contributed by atoms with Crippen LogP contribution in [0.3, 0.4) is 0 Å². The van der Waals surface area contributed by atoms with Crippen molar-refractivity contribution in [3.8, 4) is 22.6 Å². The Morgan fingerprint density at radius 1 is 1.17 bits per heavy atom. The monoisotopic (exact) mass is 404 g/mol. The number of pyridine rings is 1. The van der Waals surface area contributed by atoms with Crippen molar-refractivity contribution in [2.24, 2.45) is 5.41 Å². The minimum atomic E-state index is -0.512. The fourth-order valence-corrected chi connectivity index (χ4v) is 4.07. The van der Waals surface area contributed by atoms with Crippen LogP contribution in [0.4, 0.5) is 0 Å². The lowest BCUT2D eigenvalue weighted by atomic mass is 9.73. The summed E-state index contributed by atoms with van der Waals surface area (Å²) in [5.41, 5.74) is 3.52. The third-order valence-electron chi connectivity index (χ3n) is 5.32. The van der Waals surface area contributed by atoms with Crippen LogP contribution < -0.4 is 0 Å². The summed E-state index contributed by atoms with van der Waals surface area (Å²) in [6.45, 7) is 7.83. The number of carbonyl (C=O) groups excluding carboxylic acids is 2. The minimum absolute atomic E-state index is 0.0430. The Labute approximate surface area is 175 Å². The molecule has 30 heavy (non-hydrogen) atoms. The van der Waals surface area contributed by atoms with Gasteiger partial charge in [0.25, 0.3) is 0 Å². The number of Topliss-reactive ketones (excluding diaryl/α,β-unsaturated/α-hetero) is 1. The van der Waals surface area contributed by atoms with Crippen LogP contribution in [0.15, 0.2) is 40.9 Å². The van der Waals surface area contributed by atoms with Crippen LogP contribution in [0, 0.1) is 12.3 Å². The highest BCUT2D eigenvalue weighted by Crippen LogP contribution is 2.41. The highest BCUT2D eigenvalue weighted by Gasteiger charge is 2.37. The number of hydrogen-bond donors (Lipinski definition) is 0. The van der Waals surface area contributed by atoms with Crippen LogP contribution in [-0.4, -0.2) is 28.5 Å². The summed E-state index contributed by atoms with van der Waals surface area (Å²) in [4.78, 5) is 30.6. The van der Waals surface area contributed by atoms with Gasteiger partial charge in [0.05, 0.1) is 23.6 Å². The molecule has 1 aliphatic rings. The maximum absolute atomic E-state index is 13.2. The second kappa shape index (κ2) is 7.52. The van der Waals surface area contributed by atoms with Crippen molar-refractivity contribution in [2.75, 3.05) is 6.61 Å². The normalized spacial score (nSPS) is 15.0. The predicted octanol–water partition coefficient (Wildman–Crippen LogP) is 5.04. The van der Waals surface area contributed by atoms with Crippen molar-refractivity contribution < 1.29 is 18.8 Å². The lowest BCUT2D eigenvalue weighted by Crippen LogP contribution is -2.30. The molecule has 1 aromatic carbocycles. The SMILES string of the molecule is CCOC(=O)c1c(C)nc2c(c1-c1cc(-c3ccccc3)on1)C(=O)CC(C)(C)C2. The number of hydrogen-bond acceptors (Lipinski definition) is 6. The zero-order valence-corrected chi connectivity index (χ0v) is 17.6. The average molecular weight is 404 g/mol. The van der Waals surface area contributed by atoms with E-state index in [0.717, 1.165) is 5.56 Å². The molecule has 0 saturated heterocycles. The Bertz CT molecular complexity index is 1130. The number of nitrogens with zero attached hydrogens (tertiary/aromatic N) is 2. The first kappa shape index (κ1) is 20.0. The van der Waals surface area contributed by atoms with Gasteiger partial charge in [-0.25, -0.2) is 4.79 Å². The van der Waals surface area contributed by atoms with E-state index in [1.807, 2.05) is 44.2 Å². The highest BCUT2D eigenvalue weighted by atomic mass is 16.5. The van der Waals surface area contributed by atoms with Crippen molar-refractivity contribution in [2.45, 2.75) is 40.5 Å². The van der Waals surface area contributed by atoms with E-state index in [-0.39, 0.29) is 23.4 Å². The molecule has 0 bridgehead atoms. The number of esters is 1. The second-order valence-corrected chi connectivity index (χ2v) is 8.37. The summed E-state index contributed by atoms with van der Waals surface area (Å²) in [5, 5.41) is 4.22. The third kappa shape index (κ3) is 3.54. The van der Waals surface area contributed by atoms with E-state index in [1.165, 1.54) is 0 Å². The molecule has 4 rings (SSSR count). The average Bonchev–Trinajstić information content (AvgIpc) is 3.16. The van der Waals surface area contributed by atoms with E-state index in [2.05, 4.69) is 10.1 Å². The van der Waals surface area contributed by atoms with Crippen LogP contribution in [-0.2, 0) is 11.2 Å². The molecule has 2 aromatic heterocycles. The lowest BCUT2D eigenvalue weighted by molar-refractivity contribution is 0.0525. The minimum Gasteiger partial charge on any atom is -0.462 e. The van der Waals surface area contributed by atoms with Gasteiger partial charge >= 0.3 is 5.97 Å². The van der Waals surface area contributed by atoms with Gasteiger partial charge in [-0.3, -0.25) is 9.78 Å². The quantitative estimate of drug-likeness (QED) is 0.566. The molecule has 0 atom stereocenters. The van der Waals surface area contributed by atoms with Crippen LogP contribution in [0.25, 0.3) is 22.6 Å². The number of benzene rings is 1. The van der Waals surface area contributed by atoms with Crippen LogP contribution >= 0.6 is 0 Å². The number of aromatic nitrogens is 2. The van der Waals surface area contributed by atoms with Gasteiger partial charge in [-0.1, -0.05) is 49.3 Å². The molecule has 0 aliphatic heterocycles. The largest absolute Gasteiger partial charge is 0.462 e. The van der Waals surface area contributed by atoms with E-state index in [1.54, 1.807) is 19.9 Å². The molecule has 0 unspecified atom stereocenters. The summed E-state index contributed by atoms with van der Waals surface area (Å²) in [7, 11) is 0. The Balaban J connectivity index is 1.95. The first-order valence-electron chi connectivity index (χ1n) is 10.1. The van der Waals surface area contributed by atoms with E-state index >= 15 is 0 Å². The van der Waals surface area contributed by atoms with Gasteiger partial charge in [-0.15, -0.1) is 0 Å². The number of fused-ring (bicyclic) bond motifs is 1. The molecule has 0 saturated carbocycles. The summed E-state index contributed by atoms with van der Waals surface area (Å²) < 4.78 is 10.9. The lowest BCUT2D eigenvalue weighted by Gasteiger charge is -2.31. The Hall–Kier alpha value is -3.28. The molecule has 6 heteroatoms. The van der Waals surface area contributed by atoms with Crippen molar-refractivity contribution in [1.29, 1.82) is 0 Å². The zero-order valence-electron chi connectivity index (χ0n) is 17.6. The van der Waals surface area contributed by atoms with Crippen LogP contribution in [0.2, 0.25) is 0 Å². The van der Waals surface area contributed by atoms with Gasteiger partial charge in [-0.2, -0.15) is 0 Å².